The molecule has 0 aliphatic heterocycles. The summed E-state index contributed by atoms with van der Waals surface area (Å²) in [5.41, 5.74) is 3.89. The highest BCUT2D eigenvalue weighted by atomic mass is 32.2. The van der Waals surface area contributed by atoms with Gasteiger partial charge in [0.15, 0.2) is 5.16 Å². The van der Waals surface area contributed by atoms with Crippen molar-refractivity contribution in [3.63, 3.8) is 0 Å². The largest absolute Gasteiger partial charge is 0.416 e. The lowest BCUT2D eigenvalue weighted by atomic mass is 10.1. The minimum atomic E-state index is -4.38. The second-order valence-electron chi connectivity index (χ2n) is 5.64. The Bertz CT molecular complexity index is 980. The normalized spacial score (nSPS) is 12.0. The van der Waals surface area contributed by atoms with Gasteiger partial charge in [0.25, 0.3) is 5.91 Å². The topological polar surface area (TPSA) is 59.3 Å². The third kappa shape index (κ3) is 4.68. The highest BCUT2D eigenvalue weighted by Gasteiger charge is 2.29. The first-order valence-electron chi connectivity index (χ1n) is 7.88. The molecule has 0 atom stereocenters. The molecular weight excluding hydrogens is 377 g/mol. The van der Waals surface area contributed by atoms with E-state index in [1.807, 2.05) is 35.9 Å². The number of amides is 1. The van der Waals surface area contributed by atoms with Crippen molar-refractivity contribution in [1.29, 1.82) is 0 Å². The summed E-state index contributed by atoms with van der Waals surface area (Å²) in [5, 5.41) is 4.47. The number of hydrogen-bond acceptors (Lipinski definition) is 4. The SMILES string of the molecule is Cn1c(SCC(=O)N/N=C\c2ccc(C(F)(F)F)cc2)nc2ccccc21. The van der Waals surface area contributed by atoms with E-state index < -0.39 is 11.7 Å². The van der Waals surface area contributed by atoms with Gasteiger partial charge in [-0.15, -0.1) is 0 Å². The summed E-state index contributed by atoms with van der Waals surface area (Å²) in [6, 6.07) is 12.1. The summed E-state index contributed by atoms with van der Waals surface area (Å²) in [5.74, 6) is -0.225. The van der Waals surface area contributed by atoms with E-state index in [-0.39, 0.29) is 11.7 Å². The fraction of sp³-hybridized carbons (Fsp3) is 0.167. The van der Waals surface area contributed by atoms with Crippen molar-refractivity contribution >= 4 is 34.9 Å². The molecule has 0 spiro atoms. The van der Waals surface area contributed by atoms with E-state index in [9.17, 15) is 18.0 Å². The molecule has 2 aromatic carbocycles. The van der Waals surface area contributed by atoms with Crippen LogP contribution in [0.3, 0.4) is 0 Å². The number of thioether (sulfide) groups is 1. The third-order valence-electron chi connectivity index (χ3n) is 3.72. The maximum atomic E-state index is 12.5. The smallest absolute Gasteiger partial charge is 0.322 e. The molecule has 0 aliphatic rings. The Kier molecular flexibility index (Phi) is 5.50. The maximum absolute atomic E-state index is 12.5. The Morgan fingerprint density at radius 2 is 1.93 bits per heavy atom. The maximum Gasteiger partial charge on any atom is 0.416 e. The molecule has 140 valence electrons. The number of benzene rings is 2. The van der Waals surface area contributed by atoms with Gasteiger partial charge in [-0.2, -0.15) is 18.3 Å². The van der Waals surface area contributed by atoms with E-state index in [1.165, 1.54) is 30.1 Å². The molecule has 0 saturated carbocycles. The van der Waals surface area contributed by atoms with E-state index in [4.69, 9.17) is 0 Å². The molecule has 5 nitrogen and oxygen atoms in total. The number of aromatic nitrogens is 2. The van der Waals surface area contributed by atoms with E-state index in [0.29, 0.717) is 10.7 Å². The van der Waals surface area contributed by atoms with Gasteiger partial charge in [-0.1, -0.05) is 36.0 Å². The number of carbonyl (C=O) groups is 1. The Morgan fingerprint density at radius 1 is 1.22 bits per heavy atom. The van der Waals surface area contributed by atoms with Crippen molar-refractivity contribution in [3.8, 4) is 0 Å². The van der Waals surface area contributed by atoms with Crippen LogP contribution in [0.4, 0.5) is 13.2 Å². The number of halogens is 3. The van der Waals surface area contributed by atoms with Gasteiger partial charge in [-0.3, -0.25) is 4.79 Å². The summed E-state index contributed by atoms with van der Waals surface area (Å²) in [6.45, 7) is 0. The number of alkyl halides is 3. The van der Waals surface area contributed by atoms with Gasteiger partial charge in [0.1, 0.15) is 0 Å². The van der Waals surface area contributed by atoms with Crippen LogP contribution in [-0.4, -0.2) is 27.4 Å². The number of rotatable bonds is 5. The van der Waals surface area contributed by atoms with E-state index in [0.717, 1.165) is 23.2 Å². The summed E-state index contributed by atoms with van der Waals surface area (Å²) < 4.78 is 39.4. The molecule has 3 aromatic rings. The second kappa shape index (κ2) is 7.83. The number of aryl methyl sites for hydroxylation is 1. The van der Waals surface area contributed by atoms with Crippen molar-refractivity contribution in [2.75, 3.05) is 5.75 Å². The molecule has 1 aromatic heterocycles. The fourth-order valence-electron chi connectivity index (χ4n) is 2.35. The van der Waals surface area contributed by atoms with E-state index in [1.54, 1.807) is 0 Å². The van der Waals surface area contributed by atoms with Crippen LogP contribution in [-0.2, 0) is 18.0 Å². The minimum Gasteiger partial charge on any atom is -0.322 e. The number of hydrogen-bond donors (Lipinski definition) is 1. The van der Waals surface area contributed by atoms with E-state index >= 15 is 0 Å². The van der Waals surface area contributed by atoms with Crippen LogP contribution in [0.1, 0.15) is 11.1 Å². The van der Waals surface area contributed by atoms with Gasteiger partial charge in [0.05, 0.1) is 28.6 Å². The fourth-order valence-corrected chi connectivity index (χ4v) is 3.13. The number of para-hydroxylation sites is 2. The first-order chi connectivity index (χ1) is 12.8. The van der Waals surface area contributed by atoms with Gasteiger partial charge >= 0.3 is 6.18 Å². The Labute approximate surface area is 157 Å². The van der Waals surface area contributed by atoms with Gasteiger partial charge in [0.2, 0.25) is 0 Å². The van der Waals surface area contributed by atoms with Crippen LogP contribution < -0.4 is 5.43 Å². The summed E-state index contributed by atoms with van der Waals surface area (Å²) in [4.78, 5) is 16.3. The van der Waals surface area contributed by atoms with Crippen LogP contribution in [0, 0.1) is 0 Å². The lowest BCUT2D eigenvalue weighted by Crippen LogP contribution is -2.19. The number of imidazole rings is 1. The molecule has 1 heterocycles. The molecule has 0 aliphatic carbocycles. The second-order valence-corrected chi connectivity index (χ2v) is 6.59. The van der Waals surface area contributed by atoms with Crippen LogP contribution in [0.15, 0.2) is 58.8 Å². The van der Waals surface area contributed by atoms with Crippen molar-refractivity contribution < 1.29 is 18.0 Å². The molecule has 1 amide bonds. The van der Waals surface area contributed by atoms with E-state index in [2.05, 4.69) is 15.5 Å². The third-order valence-corrected chi connectivity index (χ3v) is 4.75. The van der Waals surface area contributed by atoms with Crippen LogP contribution in [0.25, 0.3) is 11.0 Å². The molecule has 0 unspecified atom stereocenters. The van der Waals surface area contributed by atoms with Crippen LogP contribution in [0.5, 0.6) is 0 Å². The molecule has 27 heavy (non-hydrogen) atoms. The Balaban J connectivity index is 1.53. The summed E-state index contributed by atoms with van der Waals surface area (Å²) >= 11 is 1.27. The Hall–Kier alpha value is -2.81. The number of hydrazone groups is 1. The first kappa shape index (κ1) is 19.0. The summed E-state index contributed by atoms with van der Waals surface area (Å²) in [6.07, 6.45) is -3.09. The number of fused-ring (bicyclic) bond motifs is 1. The van der Waals surface area contributed by atoms with Gasteiger partial charge < -0.3 is 4.57 Å². The molecule has 0 fully saturated rings. The van der Waals surface area contributed by atoms with Gasteiger partial charge in [0, 0.05) is 7.05 Å². The van der Waals surface area contributed by atoms with Gasteiger partial charge in [-0.05, 0) is 29.8 Å². The first-order valence-corrected chi connectivity index (χ1v) is 8.86. The number of carbonyl (C=O) groups excluding carboxylic acids is 1. The number of nitrogens with zero attached hydrogens (tertiary/aromatic N) is 3. The standard InChI is InChI=1S/C18H15F3N4OS/c1-25-15-5-3-2-4-14(15)23-17(25)27-11-16(26)24-22-10-12-6-8-13(9-7-12)18(19,20)21/h2-10H,11H2,1H3,(H,24,26)/b22-10-. The average molecular weight is 392 g/mol. The molecule has 1 N–H and O–H groups in total. The quantitative estimate of drug-likeness (QED) is 0.408. The van der Waals surface area contributed by atoms with Gasteiger partial charge in [-0.25, -0.2) is 10.4 Å². The molecular formula is C18H15F3N4OS. The zero-order chi connectivity index (χ0) is 19.4. The molecule has 9 heteroatoms. The van der Waals surface area contributed by atoms with Crippen molar-refractivity contribution in [3.05, 3.63) is 59.7 Å². The average Bonchev–Trinajstić information content (AvgIpc) is 2.96. The molecule has 3 rings (SSSR count). The molecule has 0 saturated heterocycles. The lowest BCUT2D eigenvalue weighted by Gasteiger charge is -2.05. The summed E-state index contributed by atoms with van der Waals surface area (Å²) in [7, 11) is 1.87. The molecule has 0 bridgehead atoms. The van der Waals surface area contributed by atoms with Crippen molar-refractivity contribution in [2.45, 2.75) is 11.3 Å². The monoisotopic (exact) mass is 392 g/mol. The van der Waals surface area contributed by atoms with Crippen LogP contribution in [0.2, 0.25) is 0 Å². The highest BCUT2D eigenvalue weighted by Crippen LogP contribution is 2.28. The minimum absolute atomic E-state index is 0.113. The zero-order valence-corrected chi connectivity index (χ0v) is 15.0. The predicted molar refractivity (Wildman–Crippen MR) is 98.6 cm³/mol. The Morgan fingerprint density at radius 3 is 2.59 bits per heavy atom. The molecule has 0 radical (unpaired) electrons. The zero-order valence-electron chi connectivity index (χ0n) is 14.2. The highest BCUT2D eigenvalue weighted by molar-refractivity contribution is 7.99. The lowest BCUT2D eigenvalue weighted by molar-refractivity contribution is -0.137. The van der Waals surface area contributed by atoms with Crippen molar-refractivity contribution in [1.82, 2.24) is 15.0 Å². The van der Waals surface area contributed by atoms with Crippen LogP contribution >= 0.6 is 11.8 Å². The number of nitrogens with one attached hydrogen (secondary N) is 1. The predicted octanol–water partition coefficient (Wildman–Crippen LogP) is 3.83. The van der Waals surface area contributed by atoms with Crippen molar-refractivity contribution in [2.24, 2.45) is 12.1 Å².